The molecule has 0 saturated heterocycles. The van der Waals surface area contributed by atoms with Crippen LogP contribution in [-0.2, 0) is 0 Å². The van der Waals surface area contributed by atoms with E-state index in [0.717, 1.165) is 34.6 Å². The van der Waals surface area contributed by atoms with Crippen molar-refractivity contribution in [1.82, 2.24) is 9.78 Å². The van der Waals surface area contributed by atoms with Crippen LogP contribution in [0.1, 0.15) is 23.6 Å². The Balaban J connectivity index is 1.51. The van der Waals surface area contributed by atoms with Gasteiger partial charge >= 0.3 is 0 Å². The smallest absolute Gasteiger partial charge is 0.123 e. The van der Waals surface area contributed by atoms with Crippen LogP contribution in [0.3, 0.4) is 0 Å². The first-order valence-corrected chi connectivity index (χ1v) is 9.55. The van der Waals surface area contributed by atoms with Gasteiger partial charge in [-0.2, -0.15) is 10.2 Å². The Morgan fingerprint density at radius 3 is 2.21 bits per heavy atom. The average molecular weight is 382 g/mol. The number of benzene rings is 3. The molecule has 0 saturated carbocycles. The van der Waals surface area contributed by atoms with Crippen molar-refractivity contribution in [3.63, 3.8) is 0 Å². The molecule has 4 nitrogen and oxygen atoms in total. The topological polar surface area (TPSA) is 33.4 Å². The lowest BCUT2D eigenvalue weighted by atomic mass is 10.0. The number of hydrogen-bond acceptors (Lipinski definition) is 3. The van der Waals surface area contributed by atoms with Crippen molar-refractivity contribution in [2.75, 3.05) is 5.01 Å². The van der Waals surface area contributed by atoms with E-state index in [1.54, 1.807) is 16.8 Å². The van der Waals surface area contributed by atoms with Crippen molar-refractivity contribution in [1.29, 1.82) is 0 Å². The highest BCUT2D eigenvalue weighted by atomic mass is 19.1. The zero-order chi connectivity index (χ0) is 19.6. The van der Waals surface area contributed by atoms with Gasteiger partial charge in [-0.1, -0.05) is 48.5 Å². The summed E-state index contributed by atoms with van der Waals surface area (Å²) in [4.78, 5) is 0. The van der Waals surface area contributed by atoms with Crippen LogP contribution in [0.25, 0.3) is 5.69 Å². The average Bonchev–Trinajstić information content (AvgIpc) is 3.43. The molecule has 5 heteroatoms. The molecule has 1 aliphatic rings. The molecule has 142 valence electrons. The summed E-state index contributed by atoms with van der Waals surface area (Å²) >= 11 is 0. The maximum Gasteiger partial charge on any atom is 0.123 e. The Morgan fingerprint density at radius 2 is 1.48 bits per heavy atom. The van der Waals surface area contributed by atoms with Crippen LogP contribution >= 0.6 is 0 Å². The van der Waals surface area contributed by atoms with E-state index in [4.69, 9.17) is 5.10 Å². The summed E-state index contributed by atoms with van der Waals surface area (Å²) in [7, 11) is 0. The fourth-order valence-electron chi connectivity index (χ4n) is 3.64. The minimum Gasteiger partial charge on any atom is -0.257 e. The number of halogens is 1. The molecule has 29 heavy (non-hydrogen) atoms. The lowest BCUT2D eigenvalue weighted by Crippen LogP contribution is -2.18. The second kappa shape index (κ2) is 7.36. The van der Waals surface area contributed by atoms with Crippen LogP contribution in [0.2, 0.25) is 0 Å². The zero-order valence-corrected chi connectivity index (χ0v) is 15.7. The minimum absolute atomic E-state index is 0.0433. The van der Waals surface area contributed by atoms with Crippen LogP contribution in [0.15, 0.2) is 102 Å². The second-order valence-corrected chi connectivity index (χ2v) is 7.01. The van der Waals surface area contributed by atoms with Gasteiger partial charge in [0.15, 0.2) is 0 Å². The van der Waals surface area contributed by atoms with Crippen molar-refractivity contribution in [2.45, 2.75) is 12.5 Å². The normalized spacial score (nSPS) is 16.1. The van der Waals surface area contributed by atoms with Crippen LogP contribution in [-0.4, -0.2) is 15.5 Å². The number of hydrogen-bond donors (Lipinski definition) is 0. The molecule has 0 radical (unpaired) electrons. The van der Waals surface area contributed by atoms with Crippen molar-refractivity contribution in [2.24, 2.45) is 5.10 Å². The summed E-state index contributed by atoms with van der Waals surface area (Å²) in [6.45, 7) is 0. The Morgan fingerprint density at radius 1 is 0.793 bits per heavy atom. The molecule has 4 aromatic rings. The summed E-state index contributed by atoms with van der Waals surface area (Å²) in [6, 6.07) is 26.8. The third-order valence-corrected chi connectivity index (χ3v) is 5.12. The molecule has 0 spiro atoms. The van der Waals surface area contributed by atoms with Crippen molar-refractivity contribution < 1.29 is 4.39 Å². The highest BCUT2D eigenvalue weighted by Crippen LogP contribution is 2.36. The molecule has 0 fully saturated rings. The summed E-state index contributed by atoms with van der Waals surface area (Å²) < 4.78 is 15.0. The molecule has 1 aromatic heterocycles. The van der Waals surface area contributed by atoms with E-state index in [1.165, 1.54) is 12.1 Å². The van der Waals surface area contributed by atoms with Crippen LogP contribution in [0, 0.1) is 5.82 Å². The van der Waals surface area contributed by atoms with E-state index in [0.29, 0.717) is 0 Å². The molecule has 2 heterocycles. The molecule has 1 atom stereocenters. The molecule has 0 bridgehead atoms. The molecular formula is C24H19FN4. The zero-order valence-electron chi connectivity index (χ0n) is 15.7. The summed E-state index contributed by atoms with van der Waals surface area (Å²) in [5, 5.41) is 11.5. The van der Waals surface area contributed by atoms with Gasteiger partial charge in [0.2, 0.25) is 0 Å². The number of para-hydroxylation sites is 1. The fourth-order valence-corrected chi connectivity index (χ4v) is 3.64. The number of anilines is 1. The SMILES string of the molecule is Fc1ccc(-n2cc(C3CC(c4ccccc4)=NN3c3ccccc3)cn2)cc1. The quantitative estimate of drug-likeness (QED) is 0.476. The van der Waals surface area contributed by atoms with Gasteiger partial charge in [-0.3, -0.25) is 5.01 Å². The predicted molar refractivity (Wildman–Crippen MR) is 113 cm³/mol. The number of nitrogens with zero attached hydrogens (tertiary/aromatic N) is 4. The highest BCUT2D eigenvalue weighted by Gasteiger charge is 2.30. The van der Waals surface area contributed by atoms with Crippen LogP contribution in [0.4, 0.5) is 10.1 Å². The van der Waals surface area contributed by atoms with Gasteiger partial charge in [0.05, 0.1) is 29.3 Å². The molecule has 1 aliphatic heterocycles. The van der Waals surface area contributed by atoms with E-state index >= 15 is 0 Å². The third-order valence-electron chi connectivity index (χ3n) is 5.12. The summed E-state index contributed by atoms with van der Waals surface area (Å²) in [5.41, 5.74) is 5.10. The molecule has 0 amide bonds. The molecule has 0 aliphatic carbocycles. The second-order valence-electron chi connectivity index (χ2n) is 7.01. The Hall–Kier alpha value is -3.73. The number of aromatic nitrogens is 2. The lowest BCUT2D eigenvalue weighted by Gasteiger charge is -2.22. The molecule has 3 aromatic carbocycles. The lowest BCUT2D eigenvalue weighted by molar-refractivity contribution is 0.627. The Bertz CT molecular complexity index is 1130. The van der Waals surface area contributed by atoms with Gasteiger partial charge in [-0.25, -0.2) is 9.07 Å². The summed E-state index contributed by atoms with van der Waals surface area (Å²) in [5.74, 6) is -0.256. The fraction of sp³-hybridized carbons (Fsp3) is 0.0833. The van der Waals surface area contributed by atoms with Crippen molar-refractivity contribution >= 4 is 11.4 Å². The first-order chi connectivity index (χ1) is 14.3. The van der Waals surface area contributed by atoms with Crippen molar-refractivity contribution in [3.05, 3.63) is 114 Å². The summed E-state index contributed by atoms with van der Waals surface area (Å²) in [6.07, 6.45) is 4.65. The van der Waals surface area contributed by atoms with Crippen LogP contribution in [0.5, 0.6) is 0 Å². The molecule has 5 rings (SSSR count). The number of hydrazone groups is 1. The van der Waals surface area contributed by atoms with Gasteiger partial charge in [0, 0.05) is 18.2 Å². The van der Waals surface area contributed by atoms with E-state index in [-0.39, 0.29) is 11.9 Å². The molecule has 1 unspecified atom stereocenters. The highest BCUT2D eigenvalue weighted by molar-refractivity contribution is 6.03. The van der Waals surface area contributed by atoms with Gasteiger partial charge < -0.3 is 0 Å². The van der Waals surface area contributed by atoms with Gasteiger partial charge in [-0.05, 0) is 42.0 Å². The standard InChI is InChI=1S/C24H19FN4/c25-20-11-13-21(14-12-20)28-17-19(16-26-28)24-15-23(18-7-3-1-4-8-18)27-29(24)22-9-5-2-6-10-22/h1-14,16-17,24H,15H2. The Kier molecular flexibility index (Phi) is 4.41. The van der Waals surface area contributed by atoms with Gasteiger partial charge in [-0.15, -0.1) is 0 Å². The third kappa shape index (κ3) is 3.43. The number of rotatable bonds is 4. The van der Waals surface area contributed by atoms with Gasteiger partial charge in [0.1, 0.15) is 5.82 Å². The largest absolute Gasteiger partial charge is 0.257 e. The first kappa shape index (κ1) is 17.4. The van der Waals surface area contributed by atoms with E-state index in [2.05, 4.69) is 34.4 Å². The van der Waals surface area contributed by atoms with E-state index in [1.807, 2.05) is 48.8 Å². The molecule has 0 N–H and O–H groups in total. The van der Waals surface area contributed by atoms with E-state index in [9.17, 15) is 4.39 Å². The minimum atomic E-state index is -0.256. The monoisotopic (exact) mass is 382 g/mol. The maximum atomic E-state index is 13.2. The van der Waals surface area contributed by atoms with Crippen molar-refractivity contribution in [3.8, 4) is 5.69 Å². The van der Waals surface area contributed by atoms with Crippen LogP contribution < -0.4 is 5.01 Å². The predicted octanol–water partition coefficient (Wildman–Crippen LogP) is 5.37. The first-order valence-electron chi connectivity index (χ1n) is 9.55. The Labute approximate surface area is 168 Å². The van der Waals surface area contributed by atoms with E-state index < -0.39 is 0 Å². The molecular weight excluding hydrogens is 363 g/mol. The van der Waals surface area contributed by atoms with Gasteiger partial charge in [0.25, 0.3) is 0 Å². The maximum absolute atomic E-state index is 13.2.